The van der Waals surface area contributed by atoms with Crippen LogP contribution in [0.15, 0.2) is 66.9 Å². The van der Waals surface area contributed by atoms with E-state index in [-0.39, 0.29) is 79.4 Å². The standard InChI is InChI=1S/C62H78FN13O6/c1-38(65-5)58(78)71-54(62(2,3)4)61(81)75-36-41-32-43(26-24-40(41)33-51(75)59(79)70-47-21-16-19-39-18-13-14-20-44(39)47)82-31-15-11-9-8-10-12-23-52(77)67-28-30-76-56(66-6)53-48-35-68-55(64)57(69-48)74-29-17-22-50(74)46-34-42(63)25-27-45(46)60(80)73(7)37-49(53)72-76/h13-14,18,20,24-27,32,34-35,38,47,50-51,54,65H,8-12,15-17,19,21-23,28-31,33,36-37H2,1-5,7H3,(H2,64,68)(H,67,77)(H,70,79)(H,71,78)/t38-,47+,50+,51-,54+/m0/s1. The van der Waals surface area contributed by atoms with Crippen molar-refractivity contribution in [2.75, 3.05) is 44.4 Å². The third-order valence-corrected chi connectivity index (χ3v) is 16.5. The second-order valence-corrected chi connectivity index (χ2v) is 23.3. The van der Waals surface area contributed by atoms with E-state index in [1.165, 1.54) is 39.5 Å². The van der Waals surface area contributed by atoms with E-state index >= 15 is 0 Å². The average Bonchev–Trinajstić information content (AvgIpc) is 4.25. The smallest absolute Gasteiger partial charge is 0.262 e. The van der Waals surface area contributed by atoms with Crippen LogP contribution in [0, 0.1) is 17.8 Å². The van der Waals surface area contributed by atoms with Crippen molar-refractivity contribution in [2.24, 2.45) is 5.41 Å². The lowest BCUT2D eigenvalue weighted by Crippen LogP contribution is -2.62. The van der Waals surface area contributed by atoms with Gasteiger partial charge in [-0.3, -0.25) is 24.0 Å². The van der Waals surface area contributed by atoms with E-state index in [1.807, 2.05) is 56.0 Å². The topological polar surface area (TPSA) is 226 Å². The van der Waals surface area contributed by atoms with Crippen molar-refractivity contribution in [2.45, 2.75) is 161 Å². The Morgan fingerprint density at radius 3 is 2.50 bits per heavy atom. The van der Waals surface area contributed by atoms with Gasteiger partial charge < -0.3 is 51.3 Å². The number of carbonyl (C=O) groups is 5. The molecule has 1 saturated heterocycles. The van der Waals surface area contributed by atoms with Crippen molar-refractivity contribution >= 4 is 47.0 Å². The number of nitrogen functional groups attached to an aromatic ring is 1. The average molecular weight is 1120 g/mol. The maximum atomic E-state index is 14.8. The zero-order chi connectivity index (χ0) is 58.2. The number of carbonyl (C=O) groups excluding carboxylic acids is 5. The first-order chi connectivity index (χ1) is 39.4. The minimum Gasteiger partial charge on any atom is -0.494 e. The Morgan fingerprint density at radius 1 is 0.939 bits per heavy atom. The SMILES string of the molecule is [C-]#[N+]c1c2c(nn1CCNC(=O)CCCCCCCCOc1ccc3c(c1)CN(C(=O)[C@@H](NC(=O)[C@H](C)NC)C(C)(C)C)[C@H](C(=O)N[C@@H]1CCCc4ccccc41)C3)CN(C)C(=O)c1ccc(F)cc1[C@H]1CCCN1c1nc-2cnc1N. The molecule has 9 rings (SSSR count). The van der Waals surface area contributed by atoms with Gasteiger partial charge in [-0.05, 0) is 122 Å². The summed E-state index contributed by atoms with van der Waals surface area (Å²) in [5, 5.41) is 17.1. The highest BCUT2D eigenvalue weighted by Crippen LogP contribution is 2.42. The minimum atomic E-state index is -0.881. The molecular weight excluding hydrogens is 1040 g/mol. The number of aromatic nitrogens is 4. The molecule has 2 bridgehead atoms. The predicted octanol–water partition coefficient (Wildman–Crippen LogP) is 8.05. The summed E-state index contributed by atoms with van der Waals surface area (Å²) in [5.41, 5.74) is 12.2. The third-order valence-electron chi connectivity index (χ3n) is 16.5. The number of aryl methyl sites for hydroxylation is 1. The summed E-state index contributed by atoms with van der Waals surface area (Å²) in [5.74, 6) is -0.193. The van der Waals surface area contributed by atoms with E-state index in [1.54, 1.807) is 25.9 Å². The summed E-state index contributed by atoms with van der Waals surface area (Å²) in [6.07, 6.45) is 11.7. The first kappa shape index (κ1) is 58.7. The summed E-state index contributed by atoms with van der Waals surface area (Å²) >= 11 is 0. The number of unbranched alkanes of at least 4 members (excludes halogenated alkanes) is 5. The molecule has 0 unspecified atom stereocenters. The summed E-state index contributed by atoms with van der Waals surface area (Å²) in [6, 6.07) is 15.6. The Bertz CT molecular complexity index is 3220. The molecule has 2 aromatic heterocycles. The Balaban J connectivity index is 0.751. The van der Waals surface area contributed by atoms with Gasteiger partial charge in [0.15, 0.2) is 11.6 Å². The van der Waals surface area contributed by atoms with Crippen LogP contribution in [0.5, 0.6) is 5.75 Å². The normalized spacial score (nSPS) is 18.2. The van der Waals surface area contributed by atoms with Crippen LogP contribution < -0.4 is 36.6 Å². The van der Waals surface area contributed by atoms with Gasteiger partial charge in [0.1, 0.15) is 35.9 Å². The number of hydrogen-bond donors (Lipinski definition) is 5. The van der Waals surface area contributed by atoms with Crippen LogP contribution in [0.4, 0.5) is 21.8 Å². The summed E-state index contributed by atoms with van der Waals surface area (Å²) in [6.45, 7) is 17.5. The van der Waals surface area contributed by atoms with Crippen molar-refractivity contribution in [3.05, 3.63) is 123 Å². The van der Waals surface area contributed by atoms with E-state index in [9.17, 15) is 28.4 Å². The Hall–Kier alpha value is -7.92. The highest BCUT2D eigenvalue weighted by molar-refractivity contribution is 5.96. The lowest BCUT2D eigenvalue weighted by Gasteiger charge is -2.41. The van der Waals surface area contributed by atoms with E-state index < -0.39 is 29.4 Å². The second-order valence-electron chi connectivity index (χ2n) is 23.3. The molecule has 20 heteroatoms. The highest BCUT2D eigenvalue weighted by atomic mass is 19.1. The largest absolute Gasteiger partial charge is 0.494 e. The molecular formula is C62H78FN13O6. The van der Waals surface area contributed by atoms with Gasteiger partial charge in [-0.2, -0.15) is 4.68 Å². The van der Waals surface area contributed by atoms with Crippen LogP contribution in [0.25, 0.3) is 16.1 Å². The van der Waals surface area contributed by atoms with E-state index in [0.717, 1.165) is 80.9 Å². The molecule has 5 aromatic rings. The number of nitrogens with one attached hydrogen (secondary N) is 4. The zero-order valence-corrected chi connectivity index (χ0v) is 48.2. The van der Waals surface area contributed by atoms with E-state index in [2.05, 4.69) is 43.2 Å². The first-order valence-electron chi connectivity index (χ1n) is 29.0. The quantitative estimate of drug-likeness (QED) is 0.0391. The predicted molar refractivity (Wildman–Crippen MR) is 311 cm³/mol. The van der Waals surface area contributed by atoms with Crippen molar-refractivity contribution in [1.82, 2.24) is 50.8 Å². The number of nitrogens with zero attached hydrogens (tertiary/aromatic N) is 8. The number of likely N-dealkylation sites (N-methyl/N-ethyl adjacent to an activating group) is 1. The first-order valence-corrected chi connectivity index (χ1v) is 29.0. The van der Waals surface area contributed by atoms with E-state index in [4.69, 9.17) is 27.1 Å². The lowest BCUT2D eigenvalue weighted by molar-refractivity contribution is -0.147. The molecule has 3 aromatic carbocycles. The molecule has 0 radical (unpaired) electrons. The van der Waals surface area contributed by atoms with Gasteiger partial charge >= 0.3 is 0 Å². The maximum Gasteiger partial charge on any atom is 0.262 e. The molecule has 434 valence electrons. The molecule has 19 nitrogen and oxygen atoms in total. The number of halogens is 1. The molecule has 4 aliphatic rings. The molecule has 0 saturated carbocycles. The summed E-state index contributed by atoms with van der Waals surface area (Å²) in [4.78, 5) is 87.9. The molecule has 1 aliphatic carbocycles. The number of hydrogen-bond acceptors (Lipinski definition) is 12. The van der Waals surface area contributed by atoms with Gasteiger partial charge in [-0.25, -0.2) is 14.4 Å². The number of nitrogens with two attached hydrogens (primary N) is 1. The zero-order valence-electron chi connectivity index (χ0n) is 48.2. The maximum absolute atomic E-state index is 14.8. The van der Waals surface area contributed by atoms with Crippen LogP contribution in [0.3, 0.4) is 0 Å². The molecule has 0 spiro atoms. The highest BCUT2D eigenvalue weighted by Gasteiger charge is 2.43. The van der Waals surface area contributed by atoms with Crippen molar-refractivity contribution < 1.29 is 33.1 Å². The molecule has 6 N–H and O–H groups in total. The number of rotatable bonds is 19. The number of anilines is 2. The Kier molecular flexibility index (Phi) is 18.5. The molecule has 82 heavy (non-hydrogen) atoms. The van der Waals surface area contributed by atoms with Crippen LogP contribution in [-0.4, -0.2) is 111 Å². The van der Waals surface area contributed by atoms with Gasteiger partial charge in [0.25, 0.3) is 11.7 Å². The van der Waals surface area contributed by atoms with E-state index in [0.29, 0.717) is 72.1 Å². The summed E-state index contributed by atoms with van der Waals surface area (Å²) < 4.78 is 22.5. The molecule has 5 amide bonds. The molecule has 3 aliphatic heterocycles. The van der Waals surface area contributed by atoms with Gasteiger partial charge in [-0.1, -0.05) is 83.4 Å². The minimum absolute atomic E-state index is 0.0366. The van der Waals surface area contributed by atoms with Gasteiger partial charge in [-0.15, -0.1) is 5.10 Å². The van der Waals surface area contributed by atoms with Crippen molar-refractivity contribution in [3.8, 4) is 17.0 Å². The van der Waals surface area contributed by atoms with Crippen LogP contribution in [-0.2, 0) is 51.7 Å². The fourth-order valence-electron chi connectivity index (χ4n) is 11.9. The van der Waals surface area contributed by atoms with Crippen molar-refractivity contribution in [1.29, 1.82) is 0 Å². The fraction of sp³-hybridized carbons (Fsp3) is 0.500. The number of benzene rings is 3. The number of amides is 5. The molecule has 5 heterocycles. The number of ether oxygens (including phenoxy) is 1. The van der Waals surface area contributed by atoms with Gasteiger partial charge in [0, 0.05) is 38.5 Å². The van der Waals surface area contributed by atoms with Gasteiger partial charge in [0.05, 0.1) is 55.3 Å². The molecule has 5 atom stereocenters. The number of fused-ring (bicyclic) bond motifs is 10. The molecule has 1 fully saturated rings. The summed E-state index contributed by atoms with van der Waals surface area (Å²) in [7, 11) is 3.35. The second kappa shape index (κ2) is 25.9. The monoisotopic (exact) mass is 1120 g/mol. The fourth-order valence-corrected chi connectivity index (χ4v) is 11.9. The lowest BCUT2D eigenvalue weighted by atomic mass is 9.83. The van der Waals surface area contributed by atoms with Crippen molar-refractivity contribution in [3.63, 3.8) is 0 Å². The Morgan fingerprint density at radius 2 is 1.72 bits per heavy atom. The Labute approximate surface area is 480 Å². The van der Waals surface area contributed by atoms with Crippen LogP contribution in [0.1, 0.15) is 154 Å². The van der Waals surface area contributed by atoms with Crippen LogP contribution in [0.2, 0.25) is 0 Å². The van der Waals surface area contributed by atoms with Crippen LogP contribution >= 0.6 is 0 Å². The van der Waals surface area contributed by atoms with Gasteiger partial charge in [0.2, 0.25) is 23.6 Å². The third kappa shape index (κ3) is 13.2.